The van der Waals surface area contributed by atoms with Gasteiger partial charge in [-0.25, -0.2) is 0 Å². The van der Waals surface area contributed by atoms with Crippen LogP contribution in [0.2, 0.25) is 0 Å². The van der Waals surface area contributed by atoms with Crippen LogP contribution >= 0.6 is 43.2 Å². The predicted molar refractivity (Wildman–Crippen MR) is 100 cm³/mol. The number of hydrogen-bond acceptors (Lipinski definition) is 2. The van der Waals surface area contributed by atoms with E-state index in [-0.39, 0.29) is 6.04 Å². The maximum atomic E-state index is 6.55. The molecule has 0 fully saturated rings. The fourth-order valence-electron chi connectivity index (χ4n) is 2.47. The Hall–Kier alpha value is -0.160. The smallest absolute Gasteiger partial charge is 0.0761 e. The zero-order valence-corrected chi connectivity index (χ0v) is 16.8. The molecule has 2 aromatic rings. The zero-order chi connectivity index (χ0) is 15.7. The van der Waals surface area contributed by atoms with Crippen molar-refractivity contribution in [3.8, 4) is 0 Å². The summed E-state index contributed by atoms with van der Waals surface area (Å²) in [5.74, 6) is 1.00. The van der Waals surface area contributed by atoms with Gasteiger partial charge in [-0.05, 0) is 72.0 Å². The van der Waals surface area contributed by atoms with Crippen LogP contribution in [0.15, 0.2) is 31.8 Å². The average molecular weight is 431 g/mol. The Morgan fingerprint density at radius 3 is 2.05 bits per heavy atom. The molecule has 1 nitrogen and oxygen atoms in total. The molecule has 2 N–H and O–H groups in total. The molecule has 0 saturated carbocycles. The average Bonchev–Trinajstić information content (AvgIpc) is 2.76. The Bertz CT molecular complexity index is 632. The lowest BCUT2D eigenvalue weighted by molar-refractivity contribution is 0.781. The summed E-state index contributed by atoms with van der Waals surface area (Å²) >= 11 is 8.83. The summed E-state index contributed by atoms with van der Waals surface area (Å²) < 4.78 is 2.20. The van der Waals surface area contributed by atoms with Crippen LogP contribution in [0.3, 0.4) is 0 Å². The van der Waals surface area contributed by atoms with E-state index in [1.807, 2.05) is 0 Å². The second-order valence-corrected chi connectivity index (χ2v) is 9.70. The van der Waals surface area contributed by atoms with Crippen molar-refractivity contribution >= 4 is 43.2 Å². The predicted octanol–water partition coefficient (Wildman–Crippen LogP) is 6.57. The second kappa shape index (κ2) is 6.95. The van der Waals surface area contributed by atoms with E-state index < -0.39 is 0 Å². The number of rotatable bonds is 4. The first-order valence-corrected chi connectivity index (χ1v) is 9.55. The highest BCUT2D eigenvalue weighted by atomic mass is 79.9. The summed E-state index contributed by atoms with van der Waals surface area (Å²) in [5, 5.41) is 0. The molecule has 1 heterocycles. The van der Waals surface area contributed by atoms with Crippen LogP contribution in [0.5, 0.6) is 0 Å². The molecule has 0 aliphatic heterocycles. The van der Waals surface area contributed by atoms with Gasteiger partial charge in [0.15, 0.2) is 0 Å². The monoisotopic (exact) mass is 429 g/mol. The first kappa shape index (κ1) is 17.2. The van der Waals surface area contributed by atoms with Gasteiger partial charge in [-0.15, -0.1) is 11.3 Å². The molecule has 0 radical (unpaired) electrons. The summed E-state index contributed by atoms with van der Waals surface area (Å²) in [6.45, 7) is 8.92. The van der Waals surface area contributed by atoms with Crippen LogP contribution in [0.25, 0.3) is 0 Å². The molecule has 0 aliphatic carbocycles. The van der Waals surface area contributed by atoms with E-state index in [9.17, 15) is 0 Å². The third kappa shape index (κ3) is 3.79. The van der Waals surface area contributed by atoms with Crippen molar-refractivity contribution in [2.75, 3.05) is 0 Å². The van der Waals surface area contributed by atoms with Crippen molar-refractivity contribution in [2.45, 2.75) is 45.6 Å². The molecule has 1 aromatic carbocycles. The molecule has 0 spiro atoms. The molecule has 1 aromatic heterocycles. The molecule has 0 bridgehead atoms. The fraction of sp³-hybridized carbons (Fsp3) is 0.412. The van der Waals surface area contributed by atoms with Crippen LogP contribution in [0.1, 0.15) is 67.8 Å². The van der Waals surface area contributed by atoms with Gasteiger partial charge >= 0.3 is 0 Å². The molecule has 2 rings (SSSR count). The SMILES string of the molecule is CC(C)c1ccc(C(N)c2cc(Br)sc2Br)c(C(C)C)c1. The van der Waals surface area contributed by atoms with Crippen LogP contribution in [0, 0.1) is 0 Å². The number of thiophene rings is 1. The van der Waals surface area contributed by atoms with Crippen LogP contribution < -0.4 is 5.73 Å². The van der Waals surface area contributed by atoms with Gasteiger partial charge in [-0.1, -0.05) is 45.9 Å². The highest BCUT2D eigenvalue weighted by Crippen LogP contribution is 2.39. The van der Waals surface area contributed by atoms with Gasteiger partial charge in [0, 0.05) is 0 Å². The van der Waals surface area contributed by atoms with Crippen LogP contribution in [0.4, 0.5) is 0 Å². The minimum absolute atomic E-state index is 0.0967. The Kier molecular flexibility index (Phi) is 5.69. The topological polar surface area (TPSA) is 26.0 Å². The van der Waals surface area contributed by atoms with Gasteiger partial charge in [-0.2, -0.15) is 0 Å². The Labute approximate surface area is 148 Å². The minimum atomic E-state index is -0.0967. The van der Waals surface area contributed by atoms with Crippen molar-refractivity contribution in [1.82, 2.24) is 0 Å². The van der Waals surface area contributed by atoms with E-state index in [0.29, 0.717) is 11.8 Å². The van der Waals surface area contributed by atoms with Crippen LogP contribution in [-0.2, 0) is 0 Å². The quantitative estimate of drug-likeness (QED) is 0.583. The van der Waals surface area contributed by atoms with Gasteiger partial charge in [0.1, 0.15) is 0 Å². The first-order valence-electron chi connectivity index (χ1n) is 7.15. The maximum Gasteiger partial charge on any atom is 0.0761 e. The van der Waals surface area contributed by atoms with E-state index in [0.717, 1.165) is 13.1 Å². The highest BCUT2D eigenvalue weighted by Gasteiger charge is 2.20. The third-order valence-corrected chi connectivity index (χ3v) is 6.14. The van der Waals surface area contributed by atoms with Gasteiger partial charge < -0.3 is 5.73 Å². The van der Waals surface area contributed by atoms with E-state index in [1.54, 1.807) is 11.3 Å². The second-order valence-electron chi connectivity index (χ2n) is 5.95. The lowest BCUT2D eigenvalue weighted by Crippen LogP contribution is -2.15. The summed E-state index contributed by atoms with van der Waals surface area (Å²) in [6.07, 6.45) is 0. The van der Waals surface area contributed by atoms with E-state index in [1.165, 1.54) is 16.7 Å². The summed E-state index contributed by atoms with van der Waals surface area (Å²) in [4.78, 5) is 0. The van der Waals surface area contributed by atoms with Crippen molar-refractivity contribution in [2.24, 2.45) is 5.73 Å². The van der Waals surface area contributed by atoms with Crippen molar-refractivity contribution in [3.05, 3.63) is 54.1 Å². The van der Waals surface area contributed by atoms with E-state index in [2.05, 4.69) is 83.8 Å². The van der Waals surface area contributed by atoms with Gasteiger partial charge in [0.05, 0.1) is 13.6 Å². The summed E-state index contributed by atoms with van der Waals surface area (Å²) in [7, 11) is 0. The van der Waals surface area contributed by atoms with E-state index in [4.69, 9.17) is 5.73 Å². The molecule has 0 saturated heterocycles. The van der Waals surface area contributed by atoms with Crippen molar-refractivity contribution in [3.63, 3.8) is 0 Å². The maximum absolute atomic E-state index is 6.55. The highest BCUT2D eigenvalue weighted by molar-refractivity contribution is 9.12. The molecule has 21 heavy (non-hydrogen) atoms. The lowest BCUT2D eigenvalue weighted by Gasteiger charge is -2.21. The lowest BCUT2D eigenvalue weighted by atomic mass is 9.87. The summed E-state index contributed by atoms with van der Waals surface area (Å²) in [5.41, 5.74) is 11.6. The van der Waals surface area contributed by atoms with Crippen LogP contribution in [-0.4, -0.2) is 0 Å². The first-order chi connectivity index (χ1) is 9.81. The molecule has 0 aliphatic rings. The number of nitrogens with two attached hydrogens (primary N) is 1. The fourth-order valence-corrected chi connectivity index (χ4v) is 5.40. The minimum Gasteiger partial charge on any atom is -0.320 e. The Balaban J connectivity index is 2.50. The van der Waals surface area contributed by atoms with E-state index >= 15 is 0 Å². The zero-order valence-electron chi connectivity index (χ0n) is 12.8. The normalized spacial score (nSPS) is 13.2. The Morgan fingerprint density at radius 1 is 0.905 bits per heavy atom. The van der Waals surface area contributed by atoms with Crippen molar-refractivity contribution in [1.29, 1.82) is 0 Å². The summed E-state index contributed by atoms with van der Waals surface area (Å²) in [6, 6.07) is 8.74. The number of hydrogen-bond donors (Lipinski definition) is 1. The standard InChI is InChI=1S/C17H21Br2NS/c1-9(2)11-5-6-12(13(7-11)10(3)4)16(20)14-8-15(18)21-17(14)19/h5-10,16H,20H2,1-4H3. The largest absolute Gasteiger partial charge is 0.320 e. The van der Waals surface area contributed by atoms with Gasteiger partial charge in [0.25, 0.3) is 0 Å². The molecule has 4 heteroatoms. The molecular formula is C17H21Br2NS. The number of halogens is 2. The molecule has 1 atom stereocenters. The number of benzene rings is 1. The third-order valence-electron chi connectivity index (χ3n) is 3.75. The van der Waals surface area contributed by atoms with Crippen molar-refractivity contribution < 1.29 is 0 Å². The molecule has 114 valence electrons. The Morgan fingerprint density at radius 2 is 1.57 bits per heavy atom. The molecular weight excluding hydrogens is 410 g/mol. The van der Waals surface area contributed by atoms with Gasteiger partial charge in [0.2, 0.25) is 0 Å². The molecule has 1 unspecified atom stereocenters. The molecule has 0 amide bonds. The van der Waals surface area contributed by atoms with Gasteiger partial charge in [-0.3, -0.25) is 0 Å².